The molecule has 1 heterocycles. The molecule has 0 aromatic heterocycles. The number of ether oxygens (including phenoxy) is 2. The molecule has 92 valence electrons. The van der Waals surface area contributed by atoms with Crippen molar-refractivity contribution in [1.29, 1.82) is 0 Å². The minimum absolute atomic E-state index is 0.0394. The molecular formula is C13H17NO3. The van der Waals surface area contributed by atoms with Gasteiger partial charge in [-0.3, -0.25) is 4.79 Å². The summed E-state index contributed by atoms with van der Waals surface area (Å²) in [6, 6.07) is 3.78. The van der Waals surface area contributed by atoms with Gasteiger partial charge in [-0.1, -0.05) is 13.0 Å². The van der Waals surface area contributed by atoms with E-state index in [4.69, 9.17) is 9.47 Å². The van der Waals surface area contributed by atoms with Crippen molar-refractivity contribution in [2.45, 2.75) is 19.9 Å². The van der Waals surface area contributed by atoms with Crippen LogP contribution in [0.4, 0.5) is 0 Å². The smallest absolute Gasteiger partial charge is 0.258 e. The highest BCUT2D eigenvalue weighted by atomic mass is 16.5. The number of fused-ring (bicyclic) bond motifs is 1. The highest BCUT2D eigenvalue weighted by Gasteiger charge is 2.31. The predicted molar refractivity (Wildman–Crippen MR) is 64.6 cm³/mol. The van der Waals surface area contributed by atoms with Gasteiger partial charge in [-0.05, 0) is 18.1 Å². The lowest BCUT2D eigenvalue weighted by Crippen LogP contribution is -2.24. The first-order valence-corrected chi connectivity index (χ1v) is 5.76. The Morgan fingerprint density at radius 2 is 2.06 bits per heavy atom. The van der Waals surface area contributed by atoms with Crippen molar-refractivity contribution in [2.75, 3.05) is 20.8 Å². The fourth-order valence-electron chi connectivity index (χ4n) is 2.22. The molecule has 17 heavy (non-hydrogen) atoms. The molecule has 1 aromatic carbocycles. The molecule has 0 N–H and O–H groups in total. The maximum atomic E-state index is 12.2. The number of methoxy groups -OCH3 is 2. The Morgan fingerprint density at radius 1 is 1.29 bits per heavy atom. The third-order valence-corrected chi connectivity index (χ3v) is 2.99. The Hall–Kier alpha value is -1.71. The molecule has 0 saturated carbocycles. The predicted octanol–water partition coefficient (Wildman–Crippen LogP) is 2.07. The summed E-state index contributed by atoms with van der Waals surface area (Å²) in [4.78, 5) is 14.1. The monoisotopic (exact) mass is 235 g/mol. The van der Waals surface area contributed by atoms with Crippen LogP contribution in [0.15, 0.2) is 12.1 Å². The molecule has 4 nitrogen and oxygen atoms in total. The maximum Gasteiger partial charge on any atom is 0.258 e. The highest BCUT2D eigenvalue weighted by molar-refractivity contribution is 6.01. The van der Waals surface area contributed by atoms with Crippen molar-refractivity contribution >= 4 is 5.91 Å². The lowest BCUT2D eigenvalue weighted by Gasteiger charge is -2.14. The SMILES string of the molecule is CCCN1Cc2ccc(OC)c(OC)c2C1=O. The van der Waals surface area contributed by atoms with E-state index in [9.17, 15) is 4.79 Å². The Kier molecular flexibility index (Phi) is 3.22. The topological polar surface area (TPSA) is 38.8 Å². The van der Waals surface area contributed by atoms with Crippen LogP contribution in [-0.4, -0.2) is 31.6 Å². The van der Waals surface area contributed by atoms with Gasteiger partial charge in [-0.25, -0.2) is 0 Å². The Balaban J connectivity index is 2.45. The van der Waals surface area contributed by atoms with Gasteiger partial charge >= 0.3 is 0 Å². The van der Waals surface area contributed by atoms with Crippen molar-refractivity contribution in [2.24, 2.45) is 0 Å². The second kappa shape index (κ2) is 4.65. The molecule has 2 rings (SSSR count). The zero-order valence-corrected chi connectivity index (χ0v) is 10.4. The number of carbonyl (C=O) groups excluding carboxylic acids is 1. The molecule has 0 aliphatic carbocycles. The van der Waals surface area contributed by atoms with Gasteiger partial charge in [0.25, 0.3) is 5.91 Å². The first-order valence-electron chi connectivity index (χ1n) is 5.76. The second-order valence-electron chi connectivity index (χ2n) is 4.06. The van der Waals surface area contributed by atoms with Crippen LogP contribution in [0.5, 0.6) is 11.5 Å². The van der Waals surface area contributed by atoms with Crippen LogP contribution < -0.4 is 9.47 Å². The lowest BCUT2D eigenvalue weighted by atomic mass is 10.1. The van der Waals surface area contributed by atoms with Crippen LogP contribution in [0.3, 0.4) is 0 Å². The molecule has 0 spiro atoms. The average Bonchev–Trinajstić information content (AvgIpc) is 2.66. The Morgan fingerprint density at radius 3 is 2.65 bits per heavy atom. The fourth-order valence-corrected chi connectivity index (χ4v) is 2.22. The Labute approximate surface area is 101 Å². The number of benzene rings is 1. The lowest BCUT2D eigenvalue weighted by molar-refractivity contribution is 0.0775. The van der Waals surface area contributed by atoms with E-state index in [1.165, 1.54) is 0 Å². The summed E-state index contributed by atoms with van der Waals surface area (Å²) in [6.07, 6.45) is 0.958. The molecule has 1 aliphatic rings. The molecule has 0 bridgehead atoms. The van der Waals surface area contributed by atoms with E-state index in [1.54, 1.807) is 14.2 Å². The molecule has 4 heteroatoms. The van der Waals surface area contributed by atoms with E-state index in [-0.39, 0.29) is 5.91 Å². The highest BCUT2D eigenvalue weighted by Crippen LogP contribution is 2.38. The third kappa shape index (κ3) is 1.84. The van der Waals surface area contributed by atoms with Crippen LogP contribution >= 0.6 is 0 Å². The zero-order chi connectivity index (χ0) is 12.4. The van der Waals surface area contributed by atoms with Gasteiger partial charge in [0.05, 0.1) is 19.8 Å². The van der Waals surface area contributed by atoms with Crippen molar-refractivity contribution in [3.05, 3.63) is 23.3 Å². The molecule has 1 aliphatic heterocycles. The van der Waals surface area contributed by atoms with E-state index < -0.39 is 0 Å². The molecule has 0 atom stereocenters. The van der Waals surface area contributed by atoms with Crippen LogP contribution in [-0.2, 0) is 6.54 Å². The zero-order valence-electron chi connectivity index (χ0n) is 10.4. The molecular weight excluding hydrogens is 218 g/mol. The van der Waals surface area contributed by atoms with E-state index in [2.05, 4.69) is 6.92 Å². The normalized spacial score (nSPS) is 13.8. The van der Waals surface area contributed by atoms with Crippen molar-refractivity contribution in [3.8, 4) is 11.5 Å². The Bertz CT molecular complexity index is 443. The molecule has 0 saturated heterocycles. The summed E-state index contributed by atoms with van der Waals surface area (Å²) < 4.78 is 10.5. The number of carbonyl (C=O) groups is 1. The summed E-state index contributed by atoms with van der Waals surface area (Å²) in [5.41, 5.74) is 1.67. The second-order valence-corrected chi connectivity index (χ2v) is 4.06. The largest absolute Gasteiger partial charge is 0.493 e. The number of amides is 1. The van der Waals surface area contributed by atoms with Gasteiger partial charge in [-0.2, -0.15) is 0 Å². The quantitative estimate of drug-likeness (QED) is 0.802. The number of hydrogen-bond donors (Lipinski definition) is 0. The van der Waals surface area contributed by atoms with Crippen molar-refractivity contribution in [1.82, 2.24) is 4.90 Å². The minimum atomic E-state index is 0.0394. The number of nitrogens with zero attached hydrogens (tertiary/aromatic N) is 1. The average molecular weight is 235 g/mol. The van der Waals surface area contributed by atoms with Gasteiger partial charge < -0.3 is 14.4 Å². The van der Waals surface area contributed by atoms with Crippen molar-refractivity contribution in [3.63, 3.8) is 0 Å². The van der Waals surface area contributed by atoms with Crippen molar-refractivity contribution < 1.29 is 14.3 Å². The van der Waals surface area contributed by atoms with Gasteiger partial charge in [0, 0.05) is 13.1 Å². The number of hydrogen-bond acceptors (Lipinski definition) is 3. The summed E-state index contributed by atoms with van der Waals surface area (Å²) >= 11 is 0. The van der Waals surface area contributed by atoms with Gasteiger partial charge in [0.15, 0.2) is 11.5 Å². The molecule has 0 unspecified atom stereocenters. The van der Waals surface area contributed by atoms with Gasteiger partial charge in [0.1, 0.15) is 0 Å². The standard InChI is InChI=1S/C13H17NO3/c1-4-7-14-8-9-5-6-10(16-2)12(17-3)11(9)13(14)15/h5-6H,4,7-8H2,1-3H3. The summed E-state index contributed by atoms with van der Waals surface area (Å²) in [7, 11) is 3.14. The van der Waals surface area contributed by atoms with Crippen LogP contribution in [0.25, 0.3) is 0 Å². The maximum absolute atomic E-state index is 12.2. The van der Waals surface area contributed by atoms with E-state index in [0.29, 0.717) is 23.6 Å². The summed E-state index contributed by atoms with van der Waals surface area (Å²) in [6.45, 7) is 3.51. The molecule has 1 amide bonds. The third-order valence-electron chi connectivity index (χ3n) is 2.99. The first-order chi connectivity index (χ1) is 8.22. The van der Waals surface area contributed by atoms with Gasteiger partial charge in [0.2, 0.25) is 0 Å². The number of rotatable bonds is 4. The molecule has 0 radical (unpaired) electrons. The van der Waals surface area contributed by atoms with Gasteiger partial charge in [-0.15, -0.1) is 0 Å². The minimum Gasteiger partial charge on any atom is -0.493 e. The molecule has 0 fully saturated rings. The van der Waals surface area contributed by atoms with Crippen LogP contribution in [0.2, 0.25) is 0 Å². The van der Waals surface area contributed by atoms with E-state index in [1.807, 2.05) is 17.0 Å². The van der Waals surface area contributed by atoms with Crippen LogP contribution in [0, 0.1) is 0 Å². The van der Waals surface area contributed by atoms with Crippen LogP contribution in [0.1, 0.15) is 29.3 Å². The summed E-state index contributed by atoms with van der Waals surface area (Å²) in [5.74, 6) is 1.20. The summed E-state index contributed by atoms with van der Waals surface area (Å²) in [5, 5.41) is 0. The first kappa shape index (κ1) is 11.8. The molecule has 1 aromatic rings. The fraction of sp³-hybridized carbons (Fsp3) is 0.462. The van der Waals surface area contributed by atoms with E-state index >= 15 is 0 Å². The van der Waals surface area contributed by atoms with E-state index in [0.717, 1.165) is 18.5 Å².